The van der Waals surface area contributed by atoms with Crippen LogP contribution in [0.3, 0.4) is 0 Å². The number of hydrogen-bond acceptors (Lipinski definition) is 3. The van der Waals surface area contributed by atoms with Crippen molar-refractivity contribution in [1.29, 1.82) is 0 Å². The fourth-order valence-electron chi connectivity index (χ4n) is 4.13. The predicted molar refractivity (Wildman–Crippen MR) is 90.0 cm³/mol. The van der Waals surface area contributed by atoms with Crippen molar-refractivity contribution in [2.75, 3.05) is 13.2 Å². The fraction of sp³-hybridized carbons (Fsp3) is 0.579. The average molecular weight is 331 g/mol. The van der Waals surface area contributed by atoms with E-state index >= 15 is 0 Å². The summed E-state index contributed by atoms with van der Waals surface area (Å²) in [5.41, 5.74) is 2.15. The highest BCUT2D eigenvalue weighted by Gasteiger charge is 2.49. The van der Waals surface area contributed by atoms with Crippen molar-refractivity contribution in [2.24, 2.45) is 11.8 Å². The van der Waals surface area contributed by atoms with Crippen LogP contribution < -0.4 is 4.74 Å². The molecule has 1 heterocycles. The van der Waals surface area contributed by atoms with Gasteiger partial charge in [0, 0.05) is 6.54 Å². The molecule has 0 bridgehead atoms. The average Bonchev–Trinajstić information content (AvgIpc) is 3.10. The van der Waals surface area contributed by atoms with Crippen LogP contribution in [0.2, 0.25) is 0 Å². The van der Waals surface area contributed by atoms with Crippen molar-refractivity contribution in [3.05, 3.63) is 29.3 Å². The number of hydrogen-bond donors (Lipinski definition) is 1. The molecule has 3 unspecified atom stereocenters. The summed E-state index contributed by atoms with van der Waals surface area (Å²) in [5.74, 6) is 0.299. The van der Waals surface area contributed by atoms with Gasteiger partial charge in [0.25, 0.3) is 0 Å². The van der Waals surface area contributed by atoms with Gasteiger partial charge in [0.1, 0.15) is 11.8 Å². The maximum absolute atomic E-state index is 12.5. The Kier molecular flexibility index (Phi) is 4.78. The summed E-state index contributed by atoms with van der Waals surface area (Å²) in [6.07, 6.45) is 3.26. The van der Waals surface area contributed by atoms with Crippen molar-refractivity contribution in [3.63, 3.8) is 0 Å². The fourth-order valence-corrected chi connectivity index (χ4v) is 4.13. The first-order valence-corrected chi connectivity index (χ1v) is 8.69. The van der Waals surface area contributed by atoms with Gasteiger partial charge >= 0.3 is 5.97 Å². The van der Waals surface area contributed by atoms with Crippen LogP contribution in [-0.4, -0.2) is 41.1 Å². The molecule has 1 aromatic carbocycles. The molecule has 2 aliphatic rings. The van der Waals surface area contributed by atoms with E-state index in [0.29, 0.717) is 12.5 Å². The number of ether oxygens (including phenoxy) is 1. The lowest BCUT2D eigenvalue weighted by molar-refractivity contribution is -0.149. The zero-order valence-corrected chi connectivity index (χ0v) is 14.3. The molecule has 5 heteroatoms. The standard InChI is InChI=1S/C19H25NO4/c1-12-6-7-13(2)16(10-12)24-9-8-17(21)20-11-14-4-3-5-15(14)18(20)19(22)23/h6-7,10,14-15,18H,3-5,8-9,11H2,1-2H3,(H,22,23). The topological polar surface area (TPSA) is 66.8 Å². The van der Waals surface area contributed by atoms with E-state index in [9.17, 15) is 14.7 Å². The second-order valence-electron chi connectivity index (χ2n) is 7.05. The number of carbonyl (C=O) groups excluding carboxylic acids is 1. The normalized spacial score (nSPS) is 25.6. The summed E-state index contributed by atoms with van der Waals surface area (Å²) < 4.78 is 5.74. The van der Waals surface area contributed by atoms with Crippen LogP contribution in [0.15, 0.2) is 18.2 Å². The molecule has 1 saturated carbocycles. The quantitative estimate of drug-likeness (QED) is 0.901. The maximum atomic E-state index is 12.5. The second-order valence-corrected chi connectivity index (χ2v) is 7.05. The monoisotopic (exact) mass is 331 g/mol. The first kappa shape index (κ1) is 16.8. The first-order valence-electron chi connectivity index (χ1n) is 8.69. The number of benzene rings is 1. The molecule has 1 N–H and O–H groups in total. The summed E-state index contributed by atoms with van der Waals surface area (Å²) in [5, 5.41) is 9.52. The summed E-state index contributed by atoms with van der Waals surface area (Å²) in [6, 6.07) is 5.33. The van der Waals surface area contributed by atoms with Crippen LogP contribution >= 0.6 is 0 Å². The van der Waals surface area contributed by atoms with Gasteiger partial charge in [-0.2, -0.15) is 0 Å². The highest BCUT2D eigenvalue weighted by molar-refractivity contribution is 5.84. The van der Waals surface area contributed by atoms with Crippen molar-refractivity contribution in [2.45, 2.75) is 45.6 Å². The van der Waals surface area contributed by atoms with E-state index in [0.717, 1.165) is 36.1 Å². The van der Waals surface area contributed by atoms with E-state index in [-0.39, 0.29) is 24.9 Å². The predicted octanol–water partition coefficient (Wildman–Crippen LogP) is 2.78. The van der Waals surface area contributed by atoms with Gasteiger partial charge in [-0.25, -0.2) is 4.79 Å². The van der Waals surface area contributed by atoms with Gasteiger partial charge < -0.3 is 14.7 Å². The second kappa shape index (κ2) is 6.83. The molecule has 0 spiro atoms. The minimum absolute atomic E-state index is 0.109. The van der Waals surface area contributed by atoms with Gasteiger partial charge in [-0.05, 0) is 55.7 Å². The molecular formula is C19H25NO4. The van der Waals surface area contributed by atoms with E-state index in [2.05, 4.69) is 0 Å². The minimum atomic E-state index is -0.867. The number of aryl methyl sites for hydroxylation is 2. The number of likely N-dealkylation sites (tertiary alicyclic amines) is 1. The summed E-state index contributed by atoms with van der Waals surface area (Å²) in [7, 11) is 0. The van der Waals surface area contributed by atoms with E-state index in [4.69, 9.17) is 4.74 Å². The highest BCUT2D eigenvalue weighted by Crippen LogP contribution is 2.42. The van der Waals surface area contributed by atoms with Crippen LogP contribution in [0.25, 0.3) is 0 Å². The minimum Gasteiger partial charge on any atom is -0.493 e. The summed E-state index contributed by atoms with van der Waals surface area (Å²) >= 11 is 0. The molecule has 0 radical (unpaired) electrons. The lowest BCUT2D eigenvalue weighted by Crippen LogP contribution is -2.43. The SMILES string of the molecule is Cc1ccc(C)c(OCCC(=O)N2CC3CCCC3C2C(=O)O)c1. The molecule has 130 valence electrons. The van der Waals surface area contributed by atoms with Crippen LogP contribution in [-0.2, 0) is 9.59 Å². The number of carbonyl (C=O) groups is 2. The van der Waals surface area contributed by atoms with Gasteiger partial charge in [-0.15, -0.1) is 0 Å². The molecule has 1 amide bonds. The van der Waals surface area contributed by atoms with Crippen LogP contribution in [0.5, 0.6) is 5.75 Å². The molecule has 0 aromatic heterocycles. The molecule has 24 heavy (non-hydrogen) atoms. The molecule has 1 aliphatic heterocycles. The lowest BCUT2D eigenvalue weighted by Gasteiger charge is -2.24. The lowest BCUT2D eigenvalue weighted by atomic mass is 9.94. The number of carboxylic acids is 1. The number of nitrogens with zero attached hydrogens (tertiary/aromatic N) is 1. The summed E-state index contributed by atoms with van der Waals surface area (Å²) in [6.45, 7) is 4.84. The highest BCUT2D eigenvalue weighted by atomic mass is 16.5. The Bertz CT molecular complexity index is 642. The largest absolute Gasteiger partial charge is 0.493 e. The van der Waals surface area contributed by atoms with Crippen molar-refractivity contribution >= 4 is 11.9 Å². The Morgan fingerprint density at radius 3 is 2.83 bits per heavy atom. The van der Waals surface area contributed by atoms with Crippen molar-refractivity contribution < 1.29 is 19.4 Å². The molecular weight excluding hydrogens is 306 g/mol. The van der Waals surface area contributed by atoms with Gasteiger partial charge in [-0.1, -0.05) is 18.6 Å². The number of aliphatic carboxylic acids is 1. The molecule has 3 atom stereocenters. The van der Waals surface area contributed by atoms with E-state index in [1.807, 2.05) is 32.0 Å². The Morgan fingerprint density at radius 2 is 2.08 bits per heavy atom. The zero-order chi connectivity index (χ0) is 17.3. The molecule has 5 nitrogen and oxygen atoms in total. The smallest absolute Gasteiger partial charge is 0.326 e. The third-order valence-electron chi connectivity index (χ3n) is 5.38. The molecule has 1 saturated heterocycles. The Balaban J connectivity index is 1.58. The Morgan fingerprint density at radius 1 is 1.29 bits per heavy atom. The Labute approximate surface area is 142 Å². The summed E-state index contributed by atoms with van der Waals surface area (Å²) in [4.78, 5) is 25.7. The Hall–Kier alpha value is -2.04. The van der Waals surface area contributed by atoms with Gasteiger partial charge in [0.05, 0.1) is 13.0 Å². The van der Waals surface area contributed by atoms with Gasteiger partial charge in [-0.3, -0.25) is 4.79 Å². The molecule has 2 fully saturated rings. The van der Waals surface area contributed by atoms with Crippen molar-refractivity contribution in [1.82, 2.24) is 4.90 Å². The molecule has 1 aliphatic carbocycles. The van der Waals surface area contributed by atoms with E-state index < -0.39 is 12.0 Å². The van der Waals surface area contributed by atoms with E-state index in [1.165, 1.54) is 0 Å². The number of amides is 1. The first-order chi connectivity index (χ1) is 11.5. The maximum Gasteiger partial charge on any atom is 0.326 e. The van der Waals surface area contributed by atoms with Crippen molar-refractivity contribution in [3.8, 4) is 5.75 Å². The van der Waals surface area contributed by atoms with Crippen LogP contribution in [0.1, 0.15) is 36.8 Å². The van der Waals surface area contributed by atoms with Crippen LogP contribution in [0, 0.1) is 25.7 Å². The van der Waals surface area contributed by atoms with Crippen LogP contribution in [0.4, 0.5) is 0 Å². The van der Waals surface area contributed by atoms with Gasteiger partial charge in [0.2, 0.25) is 5.91 Å². The third-order valence-corrected chi connectivity index (χ3v) is 5.38. The number of fused-ring (bicyclic) bond motifs is 1. The van der Waals surface area contributed by atoms with Gasteiger partial charge in [0.15, 0.2) is 0 Å². The molecule has 3 rings (SSSR count). The van der Waals surface area contributed by atoms with E-state index in [1.54, 1.807) is 4.90 Å². The number of carboxylic acid groups (broad SMARTS) is 1. The number of rotatable bonds is 5. The molecule has 1 aromatic rings. The third kappa shape index (κ3) is 3.25. The zero-order valence-electron chi connectivity index (χ0n) is 14.3.